The summed E-state index contributed by atoms with van der Waals surface area (Å²) >= 11 is 3.13. The van der Waals surface area contributed by atoms with Crippen LogP contribution in [0.5, 0.6) is 0 Å². The molecule has 0 atom stereocenters. The molecule has 2 N–H and O–H groups in total. The van der Waals surface area contributed by atoms with Crippen LogP contribution in [0.25, 0.3) is 0 Å². The molecule has 0 spiro atoms. The number of carbonyl (C=O) groups excluding carboxylic acids is 2. The molecular weight excluding hydrogens is 331 g/mol. The number of halogens is 2. The summed E-state index contributed by atoms with van der Waals surface area (Å²) in [6.07, 6.45) is 0.188. The third-order valence-corrected chi connectivity index (χ3v) is 2.80. The fourth-order valence-corrected chi connectivity index (χ4v) is 1.74. The second-order valence-electron chi connectivity index (χ2n) is 3.90. The van der Waals surface area contributed by atoms with Gasteiger partial charge in [0.05, 0.1) is 25.3 Å². The lowest BCUT2D eigenvalue weighted by Crippen LogP contribution is -2.30. The molecule has 20 heavy (non-hydrogen) atoms. The van der Waals surface area contributed by atoms with Gasteiger partial charge >= 0.3 is 5.97 Å². The first-order chi connectivity index (χ1) is 9.52. The zero-order valence-corrected chi connectivity index (χ0v) is 12.6. The molecule has 0 aliphatic rings. The summed E-state index contributed by atoms with van der Waals surface area (Å²) < 4.78 is 18.8. The first-order valence-electron chi connectivity index (χ1n) is 6.14. The first-order valence-corrected chi connectivity index (χ1v) is 6.93. The summed E-state index contributed by atoms with van der Waals surface area (Å²) in [5.74, 6) is -1.21. The topological polar surface area (TPSA) is 67.4 Å². The van der Waals surface area contributed by atoms with Crippen LogP contribution in [-0.4, -0.2) is 31.6 Å². The van der Waals surface area contributed by atoms with Crippen molar-refractivity contribution < 1.29 is 18.7 Å². The molecule has 0 saturated carbocycles. The Hall–Kier alpha value is -1.47. The molecule has 0 unspecified atom stereocenters. The van der Waals surface area contributed by atoms with Gasteiger partial charge in [-0.05, 0) is 25.1 Å². The predicted molar refractivity (Wildman–Crippen MR) is 76.8 cm³/mol. The van der Waals surface area contributed by atoms with E-state index in [9.17, 15) is 14.0 Å². The Morgan fingerprint density at radius 1 is 1.40 bits per heavy atom. The Morgan fingerprint density at radius 2 is 2.15 bits per heavy atom. The number of rotatable bonds is 7. The van der Waals surface area contributed by atoms with Crippen LogP contribution in [0.15, 0.2) is 22.7 Å². The van der Waals surface area contributed by atoms with Gasteiger partial charge in [0, 0.05) is 11.0 Å². The van der Waals surface area contributed by atoms with Crippen molar-refractivity contribution in [3.8, 4) is 0 Å². The van der Waals surface area contributed by atoms with Crippen LogP contribution in [0, 0.1) is 5.82 Å². The maximum absolute atomic E-state index is 13.5. The number of esters is 1. The quantitative estimate of drug-likeness (QED) is 0.585. The van der Waals surface area contributed by atoms with Gasteiger partial charge in [0.2, 0.25) is 5.91 Å². The third kappa shape index (κ3) is 6.12. The molecule has 0 bridgehead atoms. The van der Waals surface area contributed by atoms with Crippen LogP contribution in [0.4, 0.5) is 10.1 Å². The van der Waals surface area contributed by atoms with Crippen molar-refractivity contribution in [2.75, 3.05) is 25.0 Å². The van der Waals surface area contributed by atoms with Gasteiger partial charge in [0.15, 0.2) is 0 Å². The van der Waals surface area contributed by atoms with Crippen molar-refractivity contribution in [3.63, 3.8) is 0 Å². The van der Waals surface area contributed by atoms with Gasteiger partial charge in [-0.3, -0.25) is 9.59 Å². The Bertz CT molecular complexity index is 483. The highest BCUT2D eigenvalue weighted by Crippen LogP contribution is 2.18. The van der Waals surface area contributed by atoms with E-state index in [-0.39, 0.29) is 30.5 Å². The molecule has 7 heteroatoms. The highest BCUT2D eigenvalue weighted by Gasteiger charge is 2.07. The third-order valence-electron chi connectivity index (χ3n) is 2.30. The van der Waals surface area contributed by atoms with Crippen molar-refractivity contribution >= 4 is 33.5 Å². The van der Waals surface area contributed by atoms with E-state index in [1.165, 1.54) is 12.1 Å². The monoisotopic (exact) mass is 346 g/mol. The van der Waals surface area contributed by atoms with Gasteiger partial charge in [0.1, 0.15) is 5.82 Å². The van der Waals surface area contributed by atoms with Gasteiger partial charge in [-0.15, -0.1) is 0 Å². The lowest BCUT2D eigenvalue weighted by Gasteiger charge is -2.07. The number of anilines is 1. The highest BCUT2D eigenvalue weighted by molar-refractivity contribution is 9.10. The maximum atomic E-state index is 13.5. The van der Waals surface area contributed by atoms with Crippen molar-refractivity contribution in [2.24, 2.45) is 0 Å². The van der Waals surface area contributed by atoms with Gasteiger partial charge in [-0.25, -0.2) is 4.39 Å². The average molecular weight is 347 g/mol. The minimum Gasteiger partial charge on any atom is -0.466 e. The van der Waals surface area contributed by atoms with E-state index in [4.69, 9.17) is 4.74 Å². The van der Waals surface area contributed by atoms with E-state index in [0.29, 0.717) is 17.6 Å². The average Bonchev–Trinajstić information content (AvgIpc) is 2.38. The normalized spacial score (nSPS) is 10.2. The molecule has 0 saturated heterocycles. The van der Waals surface area contributed by atoms with Crippen LogP contribution in [-0.2, 0) is 14.3 Å². The van der Waals surface area contributed by atoms with E-state index < -0.39 is 5.82 Å². The molecule has 0 aliphatic heterocycles. The summed E-state index contributed by atoms with van der Waals surface area (Å²) in [4.78, 5) is 22.6. The van der Waals surface area contributed by atoms with Crippen molar-refractivity contribution in [2.45, 2.75) is 13.3 Å². The Morgan fingerprint density at radius 3 is 2.80 bits per heavy atom. The number of amides is 1. The second kappa shape index (κ2) is 8.65. The summed E-state index contributed by atoms with van der Waals surface area (Å²) in [6, 6.07) is 4.37. The molecule has 0 fully saturated rings. The lowest BCUT2D eigenvalue weighted by atomic mass is 10.3. The zero-order chi connectivity index (χ0) is 15.0. The molecule has 0 aliphatic carbocycles. The number of ether oxygens (including phenoxy) is 1. The zero-order valence-electron chi connectivity index (χ0n) is 11.0. The van der Waals surface area contributed by atoms with E-state index in [1.54, 1.807) is 13.0 Å². The summed E-state index contributed by atoms with van der Waals surface area (Å²) in [6.45, 7) is 2.39. The van der Waals surface area contributed by atoms with Crippen LogP contribution in [0.1, 0.15) is 13.3 Å². The predicted octanol–water partition coefficient (Wildman–Crippen LogP) is 2.07. The number of nitrogens with one attached hydrogen (secondary N) is 2. The SMILES string of the molecule is CCOC(=O)CCNCC(=O)Nc1ccc(Br)cc1F. The second-order valence-corrected chi connectivity index (χ2v) is 4.82. The lowest BCUT2D eigenvalue weighted by molar-refractivity contribution is -0.143. The van der Waals surface area contributed by atoms with Crippen molar-refractivity contribution in [1.82, 2.24) is 5.32 Å². The fourth-order valence-electron chi connectivity index (χ4n) is 1.41. The van der Waals surface area contributed by atoms with E-state index in [1.807, 2.05) is 0 Å². The van der Waals surface area contributed by atoms with Crippen LogP contribution >= 0.6 is 15.9 Å². The molecule has 1 aromatic rings. The largest absolute Gasteiger partial charge is 0.466 e. The number of carbonyl (C=O) groups is 2. The maximum Gasteiger partial charge on any atom is 0.307 e. The van der Waals surface area contributed by atoms with Gasteiger partial charge < -0.3 is 15.4 Å². The first kappa shape index (κ1) is 16.6. The van der Waals surface area contributed by atoms with Gasteiger partial charge in [0.25, 0.3) is 0 Å². The van der Waals surface area contributed by atoms with Crippen LogP contribution < -0.4 is 10.6 Å². The molecule has 0 heterocycles. The summed E-state index contributed by atoms with van der Waals surface area (Å²) in [7, 11) is 0. The molecule has 5 nitrogen and oxygen atoms in total. The van der Waals surface area contributed by atoms with Crippen LogP contribution in [0.2, 0.25) is 0 Å². The number of hydrogen-bond acceptors (Lipinski definition) is 4. The highest BCUT2D eigenvalue weighted by atomic mass is 79.9. The molecule has 110 valence electrons. The van der Waals surface area contributed by atoms with E-state index in [0.717, 1.165) is 0 Å². The molecule has 0 aromatic heterocycles. The number of benzene rings is 1. The Balaban J connectivity index is 2.28. The standard InChI is InChI=1S/C13H16BrFN2O3/c1-2-20-13(19)5-6-16-8-12(18)17-11-4-3-9(14)7-10(11)15/h3-4,7,16H,2,5-6,8H2,1H3,(H,17,18). The molecular formula is C13H16BrFN2O3. The molecule has 0 radical (unpaired) electrons. The minimum atomic E-state index is -0.515. The fraction of sp³-hybridized carbons (Fsp3) is 0.385. The van der Waals surface area contributed by atoms with Gasteiger partial charge in [-0.1, -0.05) is 15.9 Å². The van der Waals surface area contributed by atoms with Crippen molar-refractivity contribution in [1.29, 1.82) is 0 Å². The van der Waals surface area contributed by atoms with E-state index in [2.05, 4.69) is 26.6 Å². The van der Waals surface area contributed by atoms with Gasteiger partial charge in [-0.2, -0.15) is 0 Å². The molecule has 1 aromatic carbocycles. The summed E-state index contributed by atoms with van der Waals surface area (Å²) in [5, 5.41) is 5.22. The molecule has 1 amide bonds. The smallest absolute Gasteiger partial charge is 0.307 e. The summed E-state index contributed by atoms with van der Waals surface area (Å²) in [5.41, 5.74) is 0.116. The Kier molecular flexibility index (Phi) is 7.17. The van der Waals surface area contributed by atoms with Crippen LogP contribution in [0.3, 0.4) is 0 Å². The minimum absolute atomic E-state index is 0.00505. The molecule has 1 rings (SSSR count). The van der Waals surface area contributed by atoms with Crippen molar-refractivity contribution in [3.05, 3.63) is 28.5 Å². The number of hydrogen-bond donors (Lipinski definition) is 2. The Labute approximate surface area is 125 Å². The van der Waals surface area contributed by atoms with E-state index >= 15 is 0 Å².